The van der Waals surface area contributed by atoms with Gasteiger partial charge in [-0.25, -0.2) is 0 Å². The second-order valence-electron chi connectivity index (χ2n) is 6.39. The van der Waals surface area contributed by atoms with Gasteiger partial charge in [-0.2, -0.15) is 0 Å². The largest absolute Gasteiger partial charge is 0.493 e. The lowest BCUT2D eigenvalue weighted by molar-refractivity contribution is 0.0733. The molecule has 0 atom stereocenters. The Hall–Kier alpha value is -2.80. The molecule has 1 aliphatic rings. The van der Waals surface area contributed by atoms with Crippen molar-refractivity contribution in [1.82, 2.24) is 9.47 Å². The number of rotatable bonds is 6. The fourth-order valence-corrected chi connectivity index (χ4v) is 3.26. The van der Waals surface area contributed by atoms with Crippen LogP contribution < -0.4 is 15.0 Å². The van der Waals surface area contributed by atoms with Crippen LogP contribution in [0, 0.1) is 0 Å². The number of pyridine rings is 1. The molecule has 1 aromatic heterocycles. The Bertz CT molecular complexity index is 890. The molecule has 0 unspecified atom stereocenters. The maximum absolute atomic E-state index is 12.9. The highest BCUT2D eigenvalue weighted by molar-refractivity contribution is 5.94. The smallest absolute Gasteiger partial charge is 0.255 e. The molecule has 1 aliphatic heterocycles. The Balaban J connectivity index is 1.82. The van der Waals surface area contributed by atoms with Crippen molar-refractivity contribution in [3.8, 4) is 11.5 Å². The van der Waals surface area contributed by atoms with Crippen molar-refractivity contribution in [2.45, 2.75) is 19.5 Å². The van der Waals surface area contributed by atoms with Crippen molar-refractivity contribution in [1.29, 1.82) is 0 Å². The number of hydrogen-bond donors (Lipinski definition) is 0. The number of ether oxygens (including phenoxy) is 3. The van der Waals surface area contributed by atoms with E-state index in [0.29, 0.717) is 43.3 Å². The monoisotopic (exact) mass is 372 g/mol. The quantitative estimate of drug-likeness (QED) is 0.772. The summed E-state index contributed by atoms with van der Waals surface area (Å²) < 4.78 is 17.2. The number of aromatic nitrogens is 1. The summed E-state index contributed by atoms with van der Waals surface area (Å²) in [4.78, 5) is 26.7. The van der Waals surface area contributed by atoms with E-state index < -0.39 is 0 Å². The van der Waals surface area contributed by atoms with Crippen molar-refractivity contribution in [2.24, 2.45) is 0 Å². The second-order valence-corrected chi connectivity index (χ2v) is 6.39. The van der Waals surface area contributed by atoms with Crippen LogP contribution in [0.3, 0.4) is 0 Å². The van der Waals surface area contributed by atoms with Gasteiger partial charge in [-0.15, -0.1) is 0 Å². The van der Waals surface area contributed by atoms with E-state index in [1.54, 1.807) is 38.5 Å². The molecular weight excluding hydrogens is 348 g/mol. The van der Waals surface area contributed by atoms with E-state index in [0.717, 1.165) is 17.5 Å². The van der Waals surface area contributed by atoms with Crippen molar-refractivity contribution < 1.29 is 19.0 Å². The summed E-state index contributed by atoms with van der Waals surface area (Å²) in [6, 6.07) is 6.90. The number of carbonyl (C=O) groups is 1. The lowest BCUT2D eigenvalue weighted by Gasteiger charge is -2.29. The predicted molar refractivity (Wildman–Crippen MR) is 101 cm³/mol. The number of nitrogens with zero attached hydrogens (tertiary/aromatic N) is 2. The van der Waals surface area contributed by atoms with Gasteiger partial charge in [0.1, 0.15) is 0 Å². The molecule has 0 saturated carbocycles. The molecule has 144 valence electrons. The fourth-order valence-electron chi connectivity index (χ4n) is 3.26. The van der Waals surface area contributed by atoms with Gasteiger partial charge in [-0.3, -0.25) is 9.59 Å². The van der Waals surface area contributed by atoms with Gasteiger partial charge >= 0.3 is 0 Å². The topological polar surface area (TPSA) is 70.0 Å². The van der Waals surface area contributed by atoms with Gasteiger partial charge in [0.05, 0.1) is 26.4 Å². The van der Waals surface area contributed by atoms with Crippen LogP contribution in [0.5, 0.6) is 11.5 Å². The lowest BCUT2D eigenvalue weighted by atomic mass is 9.98. The molecule has 0 spiro atoms. The minimum atomic E-state index is -0.149. The number of fused-ring (bicyclic) bond motifs is 1. The van der Waals surface area contributed by atoms with Crippen LogP contribution in [0.4, 0.5) is 0 Å². The Labute approximate surface area is 158 Å². The summed E-state index contributed by atoms with van der Waals surface area (Å²) in [5.74, 6) is 1.25. The third kappa shape index (κ3) is 3.98. The first kappa shape index (κ1) is 19.0. The summed E-state index contributed by atoms with van der Waals surface area (Å²) in [5, 5.41) is 0. The number of methoxy groups -OCH3 is 3. The van der Waals surface area contributed by atoms with Gasteiger partial charge in [0.25, 0.3) is 11.5 Å². The standard InChI is InChI=1S/C20H24N2O5/c1-25-9-8-21-12-15(4-5-19(21)23)20(24)22-7-6-14-10-17(26-2)18(27-3)11-16(14)13-22/h4-5,10-12H,6-9,13H2,1-3H3. The summed E-state index contributed by atoms with van der Waals surface area (Å²) in [6.07, 6.45) is 2.35. The highest BCUT2D eigenvalue weighted by Crippen LogP contribution is 2.33. The first-order chi connectivity index (χ1) is 13.1. The molecule has 0 N–H and O–H groups in total. The molecule has 0 bridgehead atoms. The molecular formula is C20H24N2O5. The summed E-state index contributed by atoms with van der Waals surface area (Å²) in [5.41, 5.74) is 2.54. The molecule has 3 rings (SSSR count). The Kier molecular flexibility index (Phi) is 5.81. The third-order valence-electron chi connectivity index (χ3n) is 4.77. The van der Waals surface area contributed by atoms with Crippen molar-refractivity contribution in [3.63, 3.8) is 0 Å². The Morgan fingerprint density at radius 3 is 2.44 bits per heavy atom. The van der Waals surface area contributed by atoms with Crippen LogP contribution in [0.15, 0.2) is 35.3 Å². The maximum atomic E-state index is 12.9. The minimum Gasteiger partial charge on any atom is -0.493 e. The van der Waals surface area contributed by atoms with E-state index in [9.17, 15) is 9.59 Å². The molecule has 2 heterocycles. The van der Waals surface area contributed by atoms with E-state index in [1.165, 1.54) is 10.6 Å². The van der Waals surface area contributed by atoms with Gasteiger partial charge in [-0.1, -0.05) is 0 Å². The van der Waals surface area contributed by atoms with Gasteiger partial charge in [-0.05, 0) is 35.7 Å². The number of amides is 1. The van der Waals surface area contributed by atoms with Crippen LogP contribution in [0.1, 0.15) is 21.5 Å². The fraction of sp³-hybridized carbons (Fsp3) is 0.400. The lowest BCUT2D eigenvalue weighted by Crippen LogP contribution is -2.36. The minimum absolute atomic E-state index is 0.0957. The number of carbonyl (C=O) groups excluding carboxylic acids is 1. The molecule has 27 heavy (non-hydrogen) atoms. The normalized spacial score (nSPS) is 13.2. The van der Waals surface area contributed by atoms with Crippen LogP contribution in [-0.2, 0) is 24.2 Å². The predicted octanol–water partition coefficient (Wildman–Crippen LogP) is 1.71. The van der Waals surface area contributed by atoms with E-state index in [-0.39, 0.29) is 11.5 Å². The van der Waals surface area contributed by atoms with Crippen molar-refractivity contribution >= 4 is 5.91 Å². The van der Waals surface area contributed by atoms with Crippen LogP contribution >= 0.6 is 0 Å². The van der Waals surface area contributed by atoms with E-state index in [4.69, 9.17) is 14.2 Å². The van der Waals surface area contributed by atoms with Crippen molar-refractivity contribution in [3.05, 3.63) is 57.5 Å². The molecule has 0 saturated heterocycles. The average Bonchev–Trinajstić information content (AvgIpc) is 2.71. The van der Waals surface area contributed by atoms with Gasteiger partial charge in [0.2, 0.25) is 0 Å². The first-order valence-electron chi connectivity index (χ1n) is 8.80. The van der Waals surface area contributed by atoms with Crippen LogP contribution in [0.25, 0.3) is 0 Å². The van der Waals surface area contributed by atoms with Crippen molar-refractivity contribution in [2.75, 3.05) is 34.5 Å². The zero-order chi connectivity index (χ0) is 19.4. The third-order valence-corrected chi connectivity index (χ3v) is 4.77. The van der Waals surface area contributed by atoms with E-state index in [1.807, 2.05) is 12.1 Å². The zero-order valence-corrected chi connectivity index (χ0v) is 15.9. The summed E-state index contributed by atoms with van der Waals surface area (Å²) in [6.45, 7) is 1.93. The molecule has 7 heteroatoms. The maximum Gasteiger partial charge on any atom is 0.255 e. The zero-order valence-electron chi connectivity index (χ0n) is 15.9. The molecule has 0 aliphatic carbocycles. The summed E-state index contributed by atoms with van der Waals surface area (Å²) in [7, 11) is 4.79. The highest BCUT2D eigenvalue weighted by Gasteiger charge is 2.24. The summed E-state index contributed by atoms with van der Waals surface area (Å²) >= 11 is 0. The SMILES string of the molecule is COCCn1cc(C(=O)N2CCc3cc(OC)c(OC)cc3C2)ccc1=O. The second kappa shape index (κ2) is 8.26. The highest BCUT2D eigenvalue weighted by atomic mass is 16.5. The Morgan fingerprint density at radius 1 is 1.07 bits per heavy atom. The first-order valence-corrected chi connectivity index (χ1v) is 8.80. The van der Waals surface area contributed by atoms with E-state index in [2.05, 4.69) is 0 Å². The Morgan fingerprint density at radius 2 is 1.78 bits per heavy atom. The van der Waals surface area contributed by atoms with Gasteiger partial charge in [0, 0.05) is 39.0 Å². The molecule has 0 radical (unpaired) electrons. The average molecular weight is 372 g/mol. The van der Waals surface area contributed by atoms with Gasteiger partial charge < -0.3 is 23.7 Å². The molecule has 1 aromatic carbocycles. The van der Waals surface area contributed by atoms with Crippen LogP contribution in [-0.4, -0.2) is 49.9 Å². The molecule has 0 fully saturated rings. The van der Waals surface area contributed by atoms with Gasteiger partial charge in [0.15, 0.2) is 11.5 Å². The molecule has 7 nitrogen and oxygen atoms in total. The van der Waals surface area contributed by atoms with Crippen LogP contribution in [0.2, 0.25) is 0 Å². The molecule has 2 aromatic rings. The number of hydrogen-bond acceptors (Lipinski definition) is 5. The van der Waals surface area contributed by atoms with E-state index >= 15 is 0 Å². The number of benzene rings is 1. The molecule has 1 amide bonds.